The van der Waals surface area contributed by atoms with Crippen LogP contribution in [-0.4, -0.2) is 32.1 Å². The van der Waals surface area contributed by atoms with E-state index in [4.69, 9.17) is 18.3 Å². The number of carboxylic acids is 1. The molecule has 10 nitrogen and oxygen atoms in total. The van der Waals surface area contributed by atoms with Gasteiger partial charge >= 0.3 is 5.97 Å². The van der Waals surface area contributed by atoms with Crippen LogP contribution in [-0.2, 0) is 13.2 Å². The molecule has 0 aliphatic heterocycles. The zero-order chi connectivity index (χ0) is 26.6. The van der Waals surface area contributed by atoms with E-state index in [0.717, 1.165) is 5.69 Å². The number of carbonyl (C=O) groups excluding carboxylic acids is 1. The van der Waals surface area contributed by atoms with Crippen molar-refractivity contribution in [2.75, 3.05) is 0 Å². The van der Waals surface area contributed by atoms with Crippen LogP contribution in [0.2, 0.25) is 0 Å². The first kappa shape index (κ1) is 24.6. The lowest BCUT2D eigenvalue weighted by molar-refractivity contribution is 0.0691. The van der Waals surface area contributed by atoms with E-state index in [1.54, 1.807) is 42.9 Å². The van der Waals surface area contributed by atoms with E-state index in [1.165, 1.54) is 12.3 Å². The average Bonchev–Trinajstić information content (AvgIpc) is 3.67. The van der Waals surface area contributed by atoms with Gasteiger partial charge in [0.15, 0.2) is 12.0 Å². The molecule has 0 amide bonds. The number of para-hydroxylation sites is 1. The van der Waals surface area contributed by atoms with E-state index in [2.05, 4.69) is 10.1 Å². The minimum atomic E-state index is -1.15. The molecule has 5 aromatic rings. The Labute approximate surface area is 217 Å². The lowest BCUT2D eigenvalue weighted by Crippen LogP contribution is -2.08. The van der Waals surface area contributed by atoms with Gasteiger partial charge in [-0.2, -0.15) is 0 Å². The first-order valence-corrected chi connectivity index (χ1v) is 11.7. The van der Waals surface area contributed by atoms with E-state index in [9.17, 15) is 14.7 Å². The van der Waals surface area contributed by atoms with E-state index in [0.29, 0.717) is 40.5 Å². The maximum absolute atomic E-state index is 12.1. The number of hydrogen-bond acceptors (Lipinski definition) is 8. The number of aromatic carboxylic acids is 1. The number of furan rings is 1. The Kier molecular flexibility index (Phi) is 6.77. The third kappa shape index (κ3) is 5.05. The summed E-state index contributed by atoms with van der Waals surface area (Å²) in [5.74, 6) is 0.547. The molecule has 38 heavy (non-hydrogen) atoms. The highest BCUT2D eigenvalue weighted by Gasteiger charge is 2.20. The van der Waals surface area contributed by atoms with Crippen LogP contribution in [0.3, 0.4) is 0 Å². The van der Waals surface area contributed by atoms with Crippen molar-refractivity contribution in [2.24, 2.45) is 0 Å². The number of oxazole rings is 1. The topological polar surface area (TPSA) is 130 Å². The molecule has 1 N–H and O–H groups in total. The molecular formula is C28H23N3O7. The molecule has 0 saturated carbocycles. The minimum Gasteiger partial charge on any atom is -0.486 e. The van der Waals surface area contributed by atoms with Crippen molar-refractivity contribution >= 4 is 12.3 Å². The molecule has 0 saturated heterocycles. The van der Waals surface area contributed by atoms with Gasteiger partial charge in [0.1, 0.15) is 36.0 Å². The number of rotatable bonds is 10. The Morgan fingerprint density at radius 3 is 2.61 bits per heavy atom. The van der Waals surface area contributed by atoms with Crippen molar-refractivity contribution in [1.29, 1.82) is 0 Å². The second-order valence-corrected chi connectivity index (χ2v) is 8.46. The van der Waals surface area contributed by atoms with Crippen molar-refractivity contribution in [2.45, 2.75) is 27.1 Å². The molecule has 0 aliphatic rings. The molecule has 0 fully saturated rings. The van der Waals surface area contributed by atoms with Crippen LogP contribution >= 0.6 is 0 Å². The van der Waals surface area contributed by atoms with E-state index in [1.807, 2.05) is 30.3 Å². The van der Waals surface area contributed by atoms with Gasteiger partial charge in [-0.15, -0.1) is 5.10 Å². The highest BCUT2D eigenvalue weighted by atomic mass is 16.5. The SMILES string of the molecule is Cc1cc(COc2nn(-c3ccccc3)cc2C=O)cc(C(=O)O)c1OCc1nc(-c2ccco2)oc1C. The summed E-state index contributed by atoms with van der Waals surface area (Å²) in [5, 5.41) is 14.2. The predicted molar refractivity (Wildman–Crippen MR) is 135 cm³/mol. The maximum Gasteiger partial charge on any atom is 0.339 e. The molecule has 3 heterocycles. The van der Waals surface area contributed by atoms with E-state index in [-0.39, 0.29) is 36.0 Å². The fourth-order valence-electron chi connectivity index (χ4n) is 3.92. The Morgan fingerprint density at radius 2 is 1.89 bits per heavy atom. The zero-order valence-electron chi connectivity index (χ0n) is 20.6. The van der Waals surface area contributed by atoms with Crippen molar-refractivity contribution < 1.29 is 33.0 Å². The summed E-state index contributed by atoms with van der Waals surface area (Å²) in [5.41, 5.74) is 2.73. The molecule has 192 valence electrons. The maximum atomic E-state index is 12.1. The van der Waals surface area contributed by atoms with Gasteiger partial charge < -0.3 is 23.4 Å². The second-order valence-electron chi connectivity index (χ2n) is 8.46. The fourth-order valence-corrected chi connectivity index (χ4v) is 3.92. The Morgan fingerprint density at radius 1 is 1.08 bits per heavy atom. The van der Waals surface area contributed by atoms with E-state index >= 15 is 0 Å². The van der Waals surface area contributed by atoms with Crippen LogP contribution in [0.1, 0.15) is 43.3 Å². The number of aromatic nitrogens is 3. The standard InChI is InChI=1S/C28H23N3O7/c1-17-11-19(15-37-26-20(14-32)13-31(30-26)21-7-4-3-5-8-21)12-22(28(33)34)25(17)36-16-23-18(2)38-27(29-23)24-9-6-10-35-24/h3-14H,15-16H2,1-2H3,(H,33,34). The molecule has 0 bridgehead atoms. The molecular weight excluding hydrogens is 490 g/mol. The molecule has 0 unspecified atom stereocenters. The van der Waals surface area contributed by atoms with Crippen molar-refractivity contribution in [3.05, 3.63) is 101 Å². The van der Waals surface area contributed by atoms with Crippen LogP contribution < -0.4 is 9.47 Å². The van der Waals surface area contributed by atoms with Crippen molar-refractivity contribution in [3.63, 3.8) is 0 Å². The van der Waals surface area contributed by atoms with Crippen LogP contribution in [0.25, 0.3) is 17.3 Å². The Bertz CT molecular complexity index is 1580. The largest absolute Gasteiger partial charge is 0.486 e. The van der Waals surface area contributed by atoms with Gasteiger partial charge in [0.25, 0.3) is 5.89 Å². The van der Waals surface area contributed by atoms with Crippen LogP contribution in [0.15, 0.2) is 75.9 Å². The predicted octanol–water partition coefficient (Wildman–Crippen LogP) is 5.41. The zero-order valence-corrected chi connectivity index (χ0v) is 20.6. The smallest absolute Gasteiger partial charge is 0.339 e. The monoisotopic (exact) mass is 513 g/mol. The Hall–Kier alpha value is -5.12. The summed E-state index contributed by atoms with van der Waals surface area (Å²) in [6.45, 7) is 3.50. The quantitative estimate of drug-likeness (QED) is 0.244. The highest BCUT2D eigenvalue weighted by molar-refractivity contribution is 5.91. The van der Waals surface area contributed by atoms with Crippen LogP contribution in [0, 0.1) is 13.8 Å². The second kappa shape index (κ2) is 10.5. The summed E-state index contributed by atoms with van der Waals surface area (Å²) in [6.07, 6.45) is 3.76. The van der Waals surface area contributed by atoms with Gasteiger partial charge in [-0.1, -0.05) is 18.2 Å². The lowest BCUT2D eigenvalue weighted by atomic mass is 10.0. The molecule has 0 aliphatic carbocycles. The normalized spacial score (nSPS) is 10.9. The first-order chi connectivity index (χ1) is 18.4. The molecule has 3 aromatic heterocycles. The number of aldehydes is 1. The van der Waals surface area contributed by atoms with Crippen molar-refractivity contribution in [1.82, 2.24) is 14.8 Å². The van der Waals surface area contributed by atoms with Gasteiger partial charge in [0.2, 0.25) is 5.88 Å². The number of carbonyl (C=O) groups is 2. The van der Waals surface area contributed by atoms with Gasteiger partial charge in [0.05, 0.1) is 17.5 Å². The summed E-state index contributed by atoms with van der Waals surface area (Å²) in [7, 11) is 0. The van der Waals surface area contributed by atoms with Gasteiger partial charge in [-0.25, -0.2) is 14.5 Å². The summed E-state index contributed by atoms with van der Waals surface area (Å²) < 4.78 is 24.2. The third-order valence-electron chi connectivity index (χ3n) is 5.77. The molecule has 10 heteroatoms. The van der Waals surface area contributed by atoms with Gasteiger partial charge in [-0.05, 0) is 61.4 Å². The summed E-state index contributed by atoms with van der Waals surface area (Å²) in [4.78, 5) is 28.0. The lowest BCUT2D eigenvalue weighted by Gasteiger charge is -2.14. The summed E-state index contributed by atoms with van der Waals surface area (Å²) in [6, 6.07) is 16.0. The number of aryl methyl sites for hydroxylation is 2. The Balaban J connectivity index is 1.33. The molecule has 0 atom stereocenters. The average molecular weight is 514 g/mol. The number of hydrogen-bond donors (Lipinski definition) is 1. The molecule has 2 aromatic carbocycles. The highest BCUT2D eigenvalue weighted by Crippen LogP contribution is 2.29. The molecule has 5 rings (SSSR count). The van der Waals surface area contributed by atoms with Gasteiger partial charge in [-0.3, -0.25) is 4.79 Å². The number of benzene rings is 2. The van der Waals surface area contributed by atoms with Crippen LogP contribution in [0.5, 0.6) is 11.6 Å². The third-order valence-corrected chi connectivity index (χ3v) is 5.77. The minimum absolute atomic E-state index is 0.00292. The number of carboxylic acid groups (broad SMARTS) is 1. The first-order valence-electron chi connectivity index (χ1n) is 11.7. The molecule has 0 radical (unpaired) electrons. The van der Waals surface area contributed by atoms with Crippen molar-refractivity contribution in [3.8, 4) is 29.0 Å². The van der Waals surface area contributed by atoms with E-state index < -0.39 is 5.97 Å². The number of nitrogens with zero attached hydrogens (tertiary/aromatic N) is 3. The fraction of sp³-hybridized carbons (Fsp3) is 0.143. The summed E-state index contributed by atoms with van der Waals surface area (Å²) >= 11 is 0. The number of ether oxygens (including phenoxy) is 2. The van der Waals surface area contributed by atoms with Crippen LogP contribution in [0.4, 0.5) is 0 Å². The van der Waals surface area contributed by atoms with Gasteiger partial charge in [0, 0.05) is 6.20 Å². The molecule has 0 spiro atoms.